The molecule has 0 radical (unpaired) electrons. The minimum atomic E-state index is 0.281. The minimum Gasteiger partial charge on any atom is -0.396 e. The van der Waals surface area contributed by atoms with Gasteiger partial charge in [-0.1, -0.05) is 26.7 Å². The van der Waals surface area contributed by atoms with Crippen LogP contribution in [0.4, 0.5) is 0 Å². The van der Waals surface area contributed by atoms with Gasteiger partial charge in [-0.15, -0.1) is 0 Å². The zero-order chi connectivity index (χ0) is 12.2. The summed E-state index contributed by atoms with van der Waals surface area (Å²) < 4.78 is 0. The maximum absolute atomic E-state index is 8.89. The number of aliphatic hydroxyl groups is 2. The lowest BCUT2D eigenvalue weighted by molar-refractivity contribution is 0.322. The summed E-state index contributed by atoms with van der Waals surface area (Å²) in [5.41, 5.74) is 0. The standard InChI is InChI=1S/C12H26O2S2/c1-3-5-12(16-9-7-14)11(4-2)10-15-8-6-13/h11-14H,3-10H2,1-2H3/t11-,12+/m1/s1. The second-order valence-corrected chi connectivity index (χ2v) is 6.39. The highest BCUT2D eigenvalue weighted by Gasteiger charge is 2.19. The Morgan fingerprint density at radius 2 is 1.75 bits per heavy atom. The maximum atomic E-state index is 8.89. The smallest absolute Gasteiger partial charge is 0.0521 e. The molecule has 0 bridgehead atoms. The van der Waals surface area contributed by atoms with Crippen molar-refractivity contribution in [1.82, 2.24) is 0 Å². The average Bonchev–Trinajstić information content (AvgIpc) is 2.31. The summed E-state index contributed by atoms with van der Waals surface area (Å²) in [6.45, 7) is 5.03. The van der Waals surface area contributed by atoms with E-state index in [4.69, 9.17) is 10.2 Å². The lowest BCUT2D eigenvalue weighted by Gasteiger charge is -2.25. The molecule has 2 nitrogen and oxygen atoms in total. The van der Waals surface area contributed by atoms with Crippen molar-refractivity contribution in [2.75, 3.05) is 30.5 Å². The van der Waals surface area contributed by atoms with E-state index in [0.29, 0.717) is 11.2 Å². The number of aliphatic hydroxyl groups excluding tert-OH is 2. The van der Waals surface area contributed by atoms with E-state index in [2.05, 4.69) is 13.8 Å². The Bertz CT molecular complexity index is 145. The molecule has 0 aromatic carbocycles. The van der Waals surface area contributed by atoms with Crippen LogP contribution in [0.3, 0.4) is 0 Å². The van der Waals surface area contributed by atoms with E-state index in [1.54, 1.807) is 0 Å². The molecule has 0 saturated heterocycles. The van der Waals surface area contributed by atoms with Crippen LogP contribution >= 0.6 is 23.5 Å². The Morgan fingerprint density at radius 3 is 2.25 bits per heavy atom. The Labute approximate surface area is 109 Å². The Morgan fingerprint density at radius 1 is 1.06 bits per heavy atom. The zero-order valence-electron chi connectivity index (χ0n) is 10.5. The van der Waals surface area contributed by atoms with Gasteiger partial charge >= 0.3 is 0 Å². The van der Waals surface area contributed by atoms with Crippen LogP contribution < -0.4 is 0 Å². The number of thioether (sulfide) groups is 2. The van der Waals surface area contributed by atoms with Crippen molar-refractivity contribution in [3.8, 4) is 0 Å². The number of hydrogen-bond donors (Lipinski definition) is 2. The van der Waals surface area contributed by atoms with Gasteiger partial charge in [0.25, 0.3) is 0 Å². The maximum Gasteiger partial charge on any atom is 0.0521 e. The van der Waals surface area contributed by atoms with Crippen molar-refractivity contribution in [1.29, 1.82) is 0 Å². The predicted octanol–water partition coefficient (Wildman–Crippen LogP) is 2.63. The van der Waals surface area contributed by atoms with Gasteiger partial charge < -0.3 is 10.2 Å². The van der Waals surface area contributed by atoms with Crippen molar-refractivity contribution in [3.63, 3.8) is 0 Å². The largest absolute Gasteiger partial charge is 0.396 e. The molecule has 0 aliphatic heterocycles. The third-order valence-electron chi connectivity index (χ3n) is 2.61. The molecule has 0 fully saturated rings. The molecule has 0 amide bonds. The fourth-order valence-electron chi connectivity index (χ4n) is 1.73. The van der Waals surface area contributed by atoms with E-state index in [-0.39, 0.29) is 13.2 Å². The molecule has 0 heterocycles. The fraction of sp³-hybridized carbons (Fsp3) is 1.00. The van der Waals surface area contributed by atoms with Gasteiger partial charge in [-0.2, -0.15) is 23.5 Å². The topological polar surface area (TPSA) is 40.5 Å². The van der Waals surface area contributed by atoms with E-state index in [9.17, 15) is 0 Å². The normalized spacial score (nSPS) is 15.0. The van der Waals surface area contributed by atoms with E-state index in [1.807, 2.05) is 23.5 Å². The van der Waals surface area contributed by atoms with Gasteiger partial charge in [0.1, 0.15) is 0 Å². The van der Waals surface area contributed by atoms with E-state index >= 15 is 0 Å². The number of rotatable bonds is 11. The second kappa shape index (κ2) is 12.1. The highest BCUT2D eigenvalue weighted by atomic mass is 32.2. The highest BCUT2D eigenvalue weighted by Crippen LogP contribution is 2.29. The van der Waals surface area contributed by atoms with Gasteiger partial charge in [-0.3, -0.25) is 0 Å². The van der Waals surface area contributed by atoms with Crippen molar-refractivity contribution in [2.24, 2.45) is 5.92 Å². The Kier molecular flexibility index (Phi) is 12.6. The lowest BCUT2D eigenvalue weighted by Crippen LogP contribution is -2.20. The van der Waals surface area contributed by atoms with E-state index < -0.39 is 0 Å². The molecule has 16 heavy (non-hydrogen) atoms. The first-order valence-corrected chi connectivity index (χ1v) is 8.41. The van der Waals surface area contributed by atoms with Crippen LogP contribution in [0.2, 0.25) is 0 Å². The molecule has 0 aromatic heterocycles. The molecule has 0 spiro atoms. The van der Waals surface area contributed by atoms with Crippen LogP contribution in [-0.4, -0.2) is 45.9 Å². The van der Waals surface area contributed by atoms with Crippen LogP contribution in [0.1, 0.15) is 33.1 Å². The minimum absolute atomic E-state index is 0.281. The third kappa shape index (κ3) is 7.82. The van der Waals surface area contributed by atoms with Crippen LogP contribution in [-0.2, 0) is 0 Å². The summed E-state index contributed by atoms with van der Waals surface area (Å²) in [5.74, 6) is 3.56. The molecule has 4 heteroatoms. The average molecular weight is 266 g/mol. The van der Waals surface area contributed by atoms with Crippen molar-refractivity contribution >= 4 is 23.5 Å². The monoisotopic (exact) mass is 266 g/mol. The molecular weight excluding hydrogens is 240 g/mol. The highest BCUT2D eigenvalue weighted by molar-refractivity contribution is 8.00. The molecule has 0 aromatic rings. The fourth-order valence-corrected chi connectivity index (χ4v) is 4.29. The molecule has 0 aliphatic carbocycles. The molecular formula is C12H26O2S2. The van der Waals surface area contributed by atoms with Gasteiger partial charge in [-0.25, -0.2) is 0 Å². The Hall–Kier alpha value is 0.620. The van der Waals surface area contributed by atoms with Crippen LogP contribution in [0, 0.1) is 5.92 Å². The summed E-state index contributed by atoms with van der Waals surface area (Å²) >= 11 is 3.76. The Balaban J connectivity index is 3.99. The predicted molar refractivity (Wildman–Crippen MR) is 76.4 cm³/mol. The summed E-state index contributed by atoms with van der Waals surface area (Å²) in [6.07, 6.45) is 3.65. The lowest BCUT2D eigenvalue weighted by atomic mass is 10.0. The molecule has 2 atom stereocenters. The summed E-state index contributed by atoms with van der Waals surface area (Å²) in [5, 5.41) is 18.3. The SMILES string of the molecule is CCC[C@H](SCCO)[C@H](CC)CSCCO. The van der Waals surface area contributed by atoms with Gasteiger partial charge in [-0.05, 0) is 18.1 Å². The van der Waals surface area contributed by atoms with Gasteiger partial charge in [0.15, 0.2) is 0 Å². The van der Waals surface area contributed by atoms with Gasteiger partial charge in [0.05, 0.1) is 13.2 Å². The van der Waals surface area contributed by atoms with Crippen molar-refractivity contribution < 1.29 is 10.2 Å². The second-order valence-electron chi connectivity index (χ2n) is 3.89. The van der Waals surface area contributed by atoms with Crippen molar-refractivity contribution in [3.05, 3.63) is 0 Å². The van der Waals surface area contributed by atoms with Gasteiger partial charge in [0, 0.05) is 16.8 Å². The van der Waals surface area contributed by atoms with Crippen molar-refractivity contribution in [2.45, 2.75) is 38.4 Å². The molecule has 0 rings (SSSR count). The molecule has 0 aliphatic rings. The summed E-state index contributed by atoms with van der Waals surface area (Å²) in [6, 6.07) is 0. The third-order valence-corrected chi connectivity index (χ3v) is 5.22. The molecule has 0 saturated carbocycles. The number of hydrogen-bond acceptors (Lipinski definition) is 4. The van der Waals surface area contributed by atoms with E-state index in [0.717, 1.165) is 17.3 Å². The molecule has 0 unspecified atom stereocenters. The van der Waals surface area contributed by atoms with Crippen LogP contribution in [0.25, 0.3) is 0 Å². The first-order valence-electron chi connectivity index (χ1n) is 6.21. The first kappa shape index (κ1) is 16.6. The van der Waals surface area contributed by atoms with Gasteiger partial charge in [0.2, 0.25) is 0 Å². The quantitative estimate of drug-likeness (QED) is 0.564. The van der Waals surface area contributed by atoms with Crippen LogP contribution in [0.5, 0.6) is 0 Å². The summed E-state index contributed by atoms with van der Waals surface area (Å²) in [4.78, 5) is 0. The summed E-state index contributed by atoms with van der Waals surface area (Å²) in [7, 11) is 0. The van der Waals surface area contributed by atoms with Crippen LogP contribution in [0.15, 0.2) is 0 Å². The molecule has 2 N–H and O–H groups in total. The van der Waals surface area contributed by atoms with E-state index in [1.165, 1.54) is 19.3 Å². The first-order chi connectivity index (χ1) is 7.79. The zero-order valence-corrected chi connectivity index (χ0v) is 12.2. The molecule has 98 valence electrons.